The van der Waals surface area contributed by atoms with Gasteiger partial charge in [-0.05, 0) is 69.0 Å². The molecule has 6 nitrogen and oxygen atoms in total. The molecule has 2 aromatic rings. The highest BCUT2D eigenvalue weighted by atomic mass is 19.1. The van der Waals surface area contributed by atoms with Crippen molar-refractivity contribution in [1.82, 2.24) is 0 Å². The summed E-state index contributed by atoms with van der Waals surface area (Å²) < 4.78 is 31.1. The highest BCUT2D eigenvalue weighted by molar-refractivity contribution is 5.74. The number of benzene rings is 2. The van der Waals surface area contributed by atoms with E-state index in [0.717, 1.165) is 37.8 Å². The molecule has 184 valence electrons. The van der Waals surface area contributed by atoms with E-state index in [1.54, 1.807) is 18.2 Å². The molecule has 8 heteroatoms. The van der Waals surface area contributed by atoms with Gasteiger partial charge in [-0.1, -0.05) is 25.0 Å². The second kappa shape index (κ2) is 12.3. The summed E-state index contributed by atoms with van der Waals surface area (Å²) in [6.45, 7) is 2.21. The van der Waals surface area contributed by atoms with E-state index in [4.69, 9.17) is 9.84 Å². The second-order valence-electron chi connectivity index (χ2n) is 8.69. The number of hydrogen-bond donors (Lipinski definition) is 3. The van der Waals surface area contributed by atoms with Crippen molar-refractivity contribution in [3.8, 4) is 0 Å². The number of carbonyl (C=O) groups excluding carboxylic acids is 1. The second-order valence-corrected chi connectivity index (χ2v) is 8.69. The molecule has 4 atom stereocenters. The molecular weight excluding hydrogens is 442 g/mol. The average Bonchev–Trinajstić information content (AvgIpc) is 3.44. The Morgan fingerprint density at radius 1 is 0.882 bits per heavy atom. The summed E-state index contributed by atoms with van der Waals surface area (Å²) in [4.78, 5) is 22.7. The molecule has 0 heterocycles. The van der Waals surface area contributed by atoms with Gasteiger partial charge < -0.3 is 20.5 Å². The van der Waals surface area contributed by atoms with E-state index in [1.807, 2.05) is 13.0 Å². The smallest absolute Gasteiger partial charge is 0.311 e. The number of aliphatic carboxylic acids is 1. The Morgan fingerprint density at radius 3 is 1.85 bits per heavy atom. The summed E-state index contributed by atoms with van der Waals surface area (Å²) >= 11 is 0. The van der Waals surface area contributed by atoms with Gasteiger partial charge in [-0.2, -0.15) is 0 Å². The molecule has 3 N–H and O–H groups in total. The number of carboxylic acids is 1. The third-order valence-corrected chi connectivity index (χ3v) is 6.29. The molecule has 0 spiro atoms. The number of halogens is 2. The van der Waals surface area contributed by atoms with Crippen molar-refractivity contribution >= 4 is 23.3 Å². The molecule has 0 aromatic heterocycles. The fraction of sp³-hybridized carbons (Fsp3) is 0.462. The maximum atomic E-state index is 13.1. The van der Waals surface area contributed by atoms with E-state index in [0.29, 0.717) is 18.7 Å². The highest BCUT2D eigenvalue weighted by Gasteiger charge is 2.34. The van der Waals surface area contributed by atoms with E-state index in [2.05, 4.69) is 10.6 Å². The van der Waals surface area contributed by atoms with Crippen molar-refractivity contribution in [1.29, 1.82) is 0 Å². The maximum Gasteiger partial charge on any atom is 0.311 e. The molecular formula is C26H32F2N2O4. The van der Waals surface area contributed by atoms with Gasteiger partial charge in [0.05, 0.1) is 18.4 Å². The monoisotopic (exact) mass is 474 g/mol. The number of nitrogens with one attached hydrogen (secondary N) is 2. The van der Waals surface area contributed by atoms with Crippen molar-refractivity contribution in [2.45, 2.75) is 57.5 Å². The van der Waals surface area contributed by atoms with Gasteiger partial charge in [0.1, 0.15) is 11.6 Å². The Labute approximate surface area is 198 Å². The van der Waals surface area contributed by atoms with Crippen LogP contribution >= 0.6 is 0 Å². The number of esters is 1. The van der Waals surface area contributed by atoms with Crippen LogP contribution in [0.15, 0.2) is 48.5 Å². The fourth-order valence-corrected chi connectivity index (χ4v) is 4.68. The van der Waals surface area contributed by atoms with Gasteiger partial charge in [0.25, 0.3) is 0 Å². The first-order chi connectivity index (χ1) is 16.4. The molecule has 34 heavy (non-hydrogen) atoms. The summed E-state index contributed by atoms with van der Waals surface area (Å²) in [5.41, 5.74) is 1.37. The number of rotatable bonds is 7. The lowest BCUT2D eigenvalue weighted by molar-refractivity contribution is -0.148. The van der Waals surface area contributed by atoms with Crippen LogP contribution in [0.3, 0.4) is 0 Å². The summed E-state index contributed by atoms with van der Waals surface area (Å²) in [6.07, 6.45) is 5.18. The molecule has 4 rings (SSSR count). The first-order valence-electron chi connectivity index (χ1n) is 11.8. The van der Waals surface area contributed by atoms with Crippen molar-refractivity contribution in [2.75, 3.05) is 17.2 Å². The molecule has 0 saturated heterocycles. The van der Waals surface area contributed by atoms with Crippen LogP contribution in [0.2, 0.25) is 0 Å². The first-order valence-corrected chi connectivity index (χ1v) is 11.8. The number of ether oxygens (including phenoxy) is 1. The summed E-state index contributed by atoms with van der Waals surface area (Å²) in [5, 5.41) is 15.3. The predicted molar refractivity (Wildman–Crippen MR) is 127 cm³/mol. The zero-order valence-electron chi connectivity index (χ0n) is 19.3. The Morgan fingerprint density at radius 2 is 1.38 bits per heavy atom. The molecule has 2 aliphatic carbocycles. The number of hydrogen-bond acceptors (Lipinski definition) is 5. The van der Waals surface area contributed by atoms with Crippen LogP contribution in [0.25, 0.3) is 0 Å². The largest absolute Gasteiger partial charge is 0.481 e. The lowest BCUT2D eigenvalue weighted by Crippen LogP contribution is -2.31. The van der Waals surface area contributed by atoms with E-state index >= 15 is 0 Å². The summed E-state index contributed by atoms with van der Waals surface area (Å²) in [6, 6.07) is 12.4. The molecule has 0 radical (unpaired) electrons. The van der Waals surface area contributed by atoms with Gasteiger partial charge >= 0.3 is 11.9 Å². The predicted octanol–water partition coefficient (Wildman–Crippen LogP) is 5.46. The molecule has 2 aromatic carbocycles. The van der Waals surface area contributed by atoms with E-state index in [1.165, 1.54) is 24.3 Å². The topological polar surface area (TPSA) is 87.7 Å². The van der Waals surface area contributed by atoms with Crippen LogP contribution in [0.4, 0.5) is 20.2 Å². The molecule has 0 amide bonds. The van der Waals surface area contributed by atoms with Gasteiger partial charge in [0, 0.05) is 23.5 Å². The van der Waals surface area contributed by atoms with Crippen LogP contribution in [-0.4, -0.2) is 35.7 Å². The van der Waals surface area contributed by atoms with Crippen LogP contribution in [0.5, 0.6) is 0 Å². The third kappa shape index (κ3) is 7.17. The van der Waals surface area contributed by atoms with Crippen molar-refractivity contribution in [3.63, 3.8) is 0 Å². The van der Waals surface area contributed by atoms with Gasteiger partial charge in [0.2, 0.25) is 0 Å². The summed E-state index contributed by atoms with van der Waals surface area (Å²) in [7, 11) is 0. The standard InChI is InChI=1S/C14H18FNO2.C12H14FNO2/c1-2-18-14(17)12-7-4-8-13(12)16-11-6-3-5-10(15)9-11;13-8-3-1-4-9(7-8)14-11-6-2-5-10(11)12(15)16/h3,5-6,9,12-13,16H,2,4,7-8H2,1H3;1,3-4,7,10-11,14H,2,5-6H2,(H,15,16). The number of anilines is 2. The zero-order chi connectivity index (χ0) is 24.5. The van der Waals surface area contributed by atoms with Crippen LogP contribution in [-0.2, 0) is 14.3 Å². The maximum absolute atomic E-state index is 13.1. The Hall–Kier alpha value is -3.16. The Kier molecular flexibility index (Phi) is 9.24. The Balaban J connectivity index is 0.000000192. The molecule has 2 fully saturated rings. The van der Waals surface area contributed by atoms with E-state index in [-0.39, 0.29) is 41.5 Å². The average molecular weight is 475 g/mol. The van der Waals surface area contributed by atoms with E-state index < -0.39 is 5.97 Å². The van der Waals surface area contributed by atoms with Crippen LogP contribution in [0.1, 0.15) is 45.4 Å². The third-order valence-electron chi connectivity index (χ3n) is 6.29. The minimum atomic E-state index is -0.772. The minimum Gasteiger partial charge on any atom is -0.481 e. The quantitative estimate of drug-likeness (QED) is 0.462. The molecule has 2 saturated carbocycles. The minimum absolute atomic E-state index is 0.0471. The summed E-state index contributed by atoms with van der Waals surface area (Å²) in [5.74, 6) is -1.98. The first kappa shape index (κ1) is 25.5. The normalized spacial score (nSPS) is 23.5. The molecule has 0 bridgehead atoms. The van der Waals surface area contributed by atoms with Crippen LogP contribution < -0.4 is 10.6 Å². The molecule has 4 unspecified atom stereocenters. The van der Waals surface area contributed by atoms with Gasteiger partial charge in [0.15, 0.2) is 0 Å². The van der Waals surface area contributed by atoms with Crippen LogP contribution in [0, 0.1) is 23.5 Å². The zero-order valence-corrected chi connectivity index (χ0v) is 19.3. The fourth-order valence-electron chi connectivity index (χ4n) is 4.68. The lowest BCUT2D eigenvalue weighted by atomic mass is 10.0. The highest BCUT2D eigenvalue weighted by Crippen LogP contribution is 2.30. The lowest BCUT2D eigenvalue weighted by Gasteiger charge is -2.20. The van der Waals surface area contributed by atoms with Crippen molar-refractivity contribution in [2.24, 2.45) is 11.8 Å². The SMILES string of the molecule is CCOC(=O)C1CCCC1Nc1cccc(F)c1.O=C(O)C1CCCC1Nc1cccc(F)c1. The molecule has 0 aliphatic heterocycles. The van der Waals surface area contributed by atoms with Gasteiger partial charge in [-0.15, -0.1) is 0 Å². The van der Waals surface area contributed by atoms with Gasteiger partial charge in [-0.3, -0.25) is 9.59 Å². The molecule has 2 aliphatic rings. The number of carbonyl (C=O) groups is 2. The Bertz CT molecular complexity index is 971. The number of carboxylic acid groups (broad SMARTS) is 1. The van der Waals surface area contributed by atoms with Crippen molar-refractivity contribution < 1.29 is 28.2 Å². The van der Waals surface area contributed by atoms with Crippen molar-refractivity contribution in [3.05, 3.63) is 60.2 Å². The van der Waals surface area contributed by atoms with Gasteiger partial charge in [-0.25, -0.2) is 8.78 Å². The van der Waals surface area contributed by atoms with E-state index in [9.17, 15) is 18.4 Å².